The van der Waals surface area contributed by atoms with E-state index < -0.39 is 36.7 Å². The molecule has 0 bridgehead atoms. The third-order valence-electron chi connectivity index (χ3n) is 2.80. The third-order valence-corrected chi connectivity index (χ3v) is 4.61. The molecule has 20 heavy (non-hydrogen) atoms. The summed E-state index contributed by atoms with van der Waals surface area (Å²) in [6, 6.07) is 1.38. The van der Waals surface area contributed by atoms with Crippen molar-refractivity contribution in [2.75, 3.05) is 5.73 Å². The van der Waals surface area contributed by atoms with Crippen molar-refractivity contribution in [2.24, 2.45) is 0 Å². The monoisotopic (exact) mass is 322 g/mol. The minimum atomic E-state index is -4.41. The Morgan fingerprint density at radius 2 is 2.20 bits per heavy atom. The van der Waals surface area contributed by atoms with Gasteiger partial charge in [-0.2, -0.15) is 19.7 Å². The molecule has 11 heteroatoms. The molecule has 6 N–H and O–H groups in total. The molecule has 110 valence electrons. The molecule has 0 aromatic carbocycles. The average molecular weight is 322 g/mol. The minimum absolute atomic E-state index is 0.0175. The fourth-order valence-electron chi connectivity index (χ4n) is 1.86. The molecule has 0 unspecified atom stereocenters. The number of rotatable bonds is 3. The van der Waals surface area contributed by atoms with E-state index in [-0.39, 0.29) is 12.2 Å². The first-order valence-electron chi connectivity index (χ1n) is 5.50. The van der Waals surface area contributed by atoms with E-state index in [1.165, 1.54) is 12.3 Å². The van der Waals surface area contributed by atoms with E-state index in [9.17, 15) is 9.90 Å². The van der Waals surface area contributed by atoms with Gasteiger partial charge in [0.15, 0.2) is 6.10 Å². The first kappa shape index (κ1) is 15.4. The molecular formula is C9H13N3O6PS+. The molecule has 1 aromatic heterocycles. The van der Waals surface area contributed by atoms with Crippen molar-refractivity contribution >= 4 is 30.6 Å². The van der Waals surface area contributed by atoms with Gasteiger partial charge in [-0.15, -0.1) is 0 Å². The summed E-state index contributed by atoms with van der Waals surface area (Å²) in [5.74, 6) is 0.0443. The van der Waals surface area contributed by atoms with Gasteiger partial charge in [-0.25, -0.2) is 4.79 Å². The van der Waals surface area contributed by atoms with Gasteiger partial charge in [0.25, 0.3) is 4.61 Å². The van der Waals surface area contributed by atoms with Crippen molar-refractivity contribution in [3.05, 3.63) is 22.7 Å². The van der Waals surface area contributed by atoms with Crippen molar-refractivity contribution in [3.63, 3.8) is 0 Å². The summed E-state index contributed by atoms with van der Waals surface area (Å²) in [6.07, 6.45) is -2.00. The Kier molecular flexibility index (Phi) is 4.17. The molecule has 0 saturated carbocycles. The average Bonchev–Trinajstić information content (AvgIpc) is 2.68. The van der Waals surface area contributed by atoms with E-state index in [1.807, 2.05) is 0 Å². The Morgan fingerprint density at radius 1 is 1.55 bits per heavy atom. The Bertz CT molecular complexity index is 588. The Balaban J connectivity index is 2.23. The maximum absolute atomic E-state index is 11.6. The highest BCUT2D eigenvalue weighted by Gasteiger charge is 2.51. The zero-order valence-electron chi connectivity index (χ0n) is 10.0. The van der Waals surface area contributed by atoms with Crippen LogP contribution in [0, 0.1) is 0 Å². The number of aromatic nitrogens is 2. The smallest absolute Gasteiger partial charge is 0.390 e. The standard InChI is InChI=1S/C9H12N3O6PS/c10-5-1-2-12(9(14)11-5)6-3-4(13)7(18-6)8(20)19(15,16)17/h1-2,4,6-7,13,15-17H,3H2,(H-,10,11,14)/p+1/t4-,6+,7-/m0/s1. The Hall–Kier alpha value is -1.00. The second-order valence-corrected chi connectivity index (χ2v) is 6.62. The highest BCUT2D eigenvalue weighted by Crippen LogP contribution is 2.50. The van der Waals surface area contributed by atoms with Crippen LogP contribution >= 0.6 is 20.2 Å². The third kappa shape index (κ3) is 3.01. The predicted octanol–water partition coefficient (Wildman–Crippen LogP) is -1.46. The van der Waals surface area contributed by atoms with E-state index >= 15 is 0 Å². The van der Waals surface area contributed by atoms with Crippen LogP contribution in [-0.2, 0) is 4.74 Å². The van der Waals surface area contributed by atoms with Crippen molar-refractivity contribution in [1.82, 2.24) is 9.55 Å². The van der Waals surface area contributed by atoms with Crippen LogP contribution in [0.5, 0.6) is 0 Å². The topological polar surface area (TPSA) is 151 Å². The normalized spacial score (nSPS) is 26.7. The second kappa shape index (κ2) is 5.41. The molecule has 2 rings (SSSR count). The molecule has 1 aliphatic heterocycles. The van der Waals surface area contributed by atoms with E-state index in [0.717, 1.165) is 4.57 Å². The summed E-state index contributed by atoms with van der Waals surface area (Å²) in [5, 5.41) is 9.81. The highest BCUT2D eigenvalue weighted by molar-refractivity contribution is 7.99. The maximum Gasteiger partial charge on any atom is 0.451 e. The van der Waals surface area contributed by atoms with Gasteiger partial charge in [-0.05, 0) is 18.3 Å². The van der Waals surface area contributed by atoms with Crippen LogP contribution in [0.1, 0.15) is 12.6 Å². The van der Waals surface area contributed by atoms with E-state index in [4.69, 9.17) is 25.2 Å². The number of ether oxygens (including phenoxy) is 1. The summed E-state index contributed by atoms with van der Waals surface area (Å²) < 4.78 is 5.82. The molecule has 0 spiro atoms. The fraction of sp³-hybridized carbons (Fsp3) is 0.444. The molecular weight excluding hydrogens is 309 g/mol. The van der Waals surface area contributed by atoms with Crippen LogP contribution in [0.15, 0.2) is 17.1 Å². The van der Waals surface area contributed by atoms with E-state index in [2.05, 4.69) is 17.2 Å². The van der Waals surface area contributed by atoms with Gasteiger partial charge < -0.3 is 15.6 Å². The lowest BCUT2D eigenvalue weighted by Gasteiger charge is -2.16. The second-order valence-electron chi connectivity index (χ2n) is 4.26. The van der Waals surface area contributed by atoms with Gasteiger partial charge in [0.05, 0.1) is 6.10 Å². The lowest BCUT2D eigenvalue weighted by atomic mass is 10.2. The van der Waals surface area contributed by atoms with Gasteiger partial charge >= 0.3 is 13.6 Å². The number of nitrogens with zero attached hydrogens (tertiary/aromatic N) is 2. The van der Waals surface area contributed by atoms with Gasteiger partial charge in [0.2, 0.25) is 0 Å². The van der Waals surface area contributed by atoms with Gasteiger partial charge in [0, 0.05) is 12.6 Å². The van der Waals surface area contributed by atoms with E-state index in [1.54, 1.807) is 0 Å². The molecule has 1 saturated heterocycles. The van der Waals surface area contributed by atoms with E-state index in [0.29, 0.717) is 0 Å². The Labute approximate surface area is 118 Å². The van der Waals surface area contributed by atoms with Crippen molar-refractivity contribution < 1.29 is 24.5 Å². The van der Waals surface area contributed by atoms with Gasteiger partial charge in [-0.3, -0.25) is 4.57 Å². The Morgan fingerprint density at radius 3 is 2.75 bits per heavy atom. The summed E-state index contributed by atoms with van der Waals surface area (Å²) in [7, 11) is -4.41. The lowest BCUT2D eigenvalue weighted by Crippen LogP contribution is -2.31. The molecule has 9 nitrogen and oxygen atoms in total. The summed E-state index contributed by atoms with van der Waals surface area (Å²) >= 11 is 4.68. The molecule has 1 fully saturated rings. The molecule has 3 atom stereocenters. The number of hydrogen-bond donors (Lipinski definition) is 5. The largest absolute Gasteiger partial charge is 0.451 e. The van der Waals surface area contributed by atoms with Crippen LogP contribution < -0.4 is 11.4 Å². The number of hydrogen-bond acceptors (Lipinski definition) is 9. The SMILES string of the molecule is Nc1ccn([C@H]2C[C@H](O)[C@@H](C(=S)[P+](O)(O)O)O2)c(=O)n1. The van der Waals surface area contributed by atoms with Crippen LogP contribution in [0.2, 0.25) is 0 Å². The highest BCUT2D eigenvalue weighted by atomic mass is 32.1. The van der Waals surface area contributed by atoms with Crippen LogP contribution in [0.25, 0.3) is 0 Å². The van der Waals surface area contributed by atoms with Crippen molar-refractivity contribution in [1.29, 1.82) is 0 Å². The summed E-state index contributed by atoms with van der Waals surface area (Å²) in [4.78, 5) is 42.5. The van der Waals surface area contributed by atoms with Crippen molar-refractivity contribution in [2.45, 2.75) is 24.9 Å². The lowest BCUT2D eigenvalue weighted by molar-refractivity contribution is 0.0163. The predicted molar refractivity (Wildman–Crippen MR) is 73.6 cm³/mol. The van der Waals surface area contributed by atoms with Gasteiger partial charge in [-0.1, -0.05) is 0 Å². The number of nitrogens with two attached hydrogens (primary N) is 1. The van der Waals surface area contributed by atoms with Crippen LogP contribution in [-0.4, -0.2) is 46.2 Å². The molecule has 0 aliphatic carbocycles. The molecule has 0 amide bonds. The van der Waals surface area contributed by atoms with Crippen molar-refractivity contribution in [3.8, 4) is 0 Å². The zero-order chi connectivity index (χ0) is 15.1. The summed E-state index contributed by atoms with van der Waals surface area (Å²) in [6.45, 7) is 0. The van der Waals surface area contributed by atoms with Crippen LogP contribution in [0.4, 0.5) is 5.82 Å². The number of nitrogen functional groups attached to an aromatic ring is 1. The molecule has 2 heterocycles. The fourth-order valence-corrected chi connectivity index (χ4v) is 2.65. The minimum Gasteiger partial charge on any atom is -0.390 e. The van der Waals surface area contributed by atoms with Gasteiger partial charge in [0.1, 0.15) is 12.0 Å². The first-order valence-corrected chi connectivity index (χ1v) is 7.55. The quantitative estimate of drug-likeness (QED) is 0.332. The zero-order valence-corrected chi connectivity index (χ0v) is 11.7. The molecule has 1 aliphatic rings. The summed E-state index contributed by atoms with van der Waals surface area (Å²) in [5.41, 5.74) is 4.68. The molecule has 0 radical (unpaired) electrons. The number of thiocarbonyl (C=S) groups is 1. The first-order chi connectivity index (χ1) is 9.20. The number of anilines is 1. The maximum atomic E-state index is 11.6. The number of aliphatic hydroxyl groups excluding tert-OH is 1. The molecule has 1 aromatic rings. The van der Waals surface area contributed by atoms with Crippen LogP contribution in [0.3, 0.4) is 0 Å². The number of aliphatic hydroxyl groups is 1.